The van der Waals surface area contributed by atoms with Crippen molar-refractivity contribution in [1.82, 2.24) is 4.57 Å². The summed E-state index contributed by atoms with van der Waals surface area (Å²) < 4.78 is 42.0. The van der Waals surface area contributed by atoms with Gasteiger partial charge in [0.1, 0.15) is 11.9 Å². The molecule has 30 heavy (non-hydrogen) atoms. The molecule has 0 aliphatic rings. The van der Waals surface area contributed by atoms with Crippen LogP contribution in [-0.4, -0.2) is 31.2 Å². The Morgan fingerprint density at radius 1 is 1.17 bits per heavy atom. The number of hydrogen-bond donors (Lipinski definition) is 1. The molecule has 160 valence electrons. The molecule has 3 aromatic rings. The third-order valence-corrected chi connectivity index (χ3v) is 6.72. The van der Waals surface area contributed by atoms with Gasteiger partial charge in [-0.1, -0.05) is 23.5 Å². The molecule has 1 unspecified atom stereocenters. The maximum Gasteiger partial charge on any atom is 0.308 e. The Kier molecular flexibility index (Phi) is 6.00. The van der Waals surface area contributed by atoms with Crippen LogP contribution >= 0.6 is 11.3 Å². The summed E-state index contributed by atoms with van der Waals surface area (Å²) in [7, 11) is -3.93. The van der Waals surface area contributed by atoms with Crippen molar-refractivity contribution in [2.45, 2.75) is 32.9 Å². The molecule has 1 heterocycles. The molecule has 10 heteroatoms. The van der Waals surface area contributed by atoms with E-state index < -0.39 is 27.8 Å². The number of rotatable bonds is 6. The lowest BCUT2D eigenvalue weighted by Gasteiger charge is -2.28. The van der Waals surface area contributed by atoms with Gasteiger partial charge in [0, 0.05) is 11.7 Å². The second kappa shape index (κ2) is 8.19. The number of hydrogen-bond acceptors (Lipinski definition) is 5. The van der Waals surface area contributed by atoms with E-state index in [0.29, 0.717) is 10.4 Å². The second-order valence-corrected chi connectivity index (χ2v) is 10.0. The van der Waals surface area contributed by atoms with Crippen molar-refractivity contribution in [2.75, 3.05) is 15.9 Å². The van der Waals surface area contributed by atoms with E-state index in [0.717, 1.165) is 33.5 Å². The SMILES string of the molecule is CC(C(=O)Nc1ccc2c(c1)sc(=O)n2C(C)C)N(c1ccccc1F)S(C)(=O)=O. The number of benzene rings is 2. The molecule has 0 saturated heterocycles. The van der Waals surface area contributed by atoms with Crippen molar-refractivity contribution in [3.63, 3.8) is 0 Å². The van der Waals surface area contributed by atoms with Crippen LogP contribution < -0.4 is 14.5 Å². The average Bonchev–Trinajstić information content (AvgIpc) is 2.97. The number of anilines is 2. The zero-order chi connectivity index (χ0) is 22.2. The Morgan fingerprint density at radius 2 is 1.83 bits per heavy atom. The fraction of sp³-hybridized carbons (Fsp3) is 0.300. The van der Waals surface area contributed by atoms with Crippen LogP contribution in [0, 0.1) is 5.82 Å². The summed E-state index contributed by atoms with van der Waals surface area (Å²) in [6, 6.07) is 9.21. The standard InChI is InChI=1S/C20H22FN3O4S2/c1-12(2)23-17-10-9-14(11-18(17)29-20(23)26)22-19(25)13(3)24(30(4,27)28)16-8-6-5-7-15(16)21/h5-13H,1-4H3,(H,22,25). The van der Waals surface area contributed by atoms with Crippen molar-refractivity contribution in [3.05, 3.63) is 57.9 Å². The topological polar surface area (TPSA) is 88.5 Å². The third kappa shape index (κ3) is 4.24. The predicted octanol–water partition coefficient (Wildman–Crippen LogP) is 3.58. The normalized spacial score (nSPS) is 12.9. The Hall–Kier alpha value is -2.72. The second-order valence-electron chi connectivity index (χ2n) is 7.19. The first-order chi connectivity index (χ1) is 14.0. The predicted molar refractivity (Wildman–Crippen MR) is 118 cm³/mol. The lowest BCUT2D eigenvalue weighted by atomic mass is 10.2. The summed E-state index contributed by atoms with van der Waals surface area (Å²) in [5.74, 6) is -1.37. The molecule has 0 spiro atoms. The van der Waals surface area contributed by atoms with E-state index in [1.54, 1.807) is 22.8 Å². The summed E-state index contributed by atoms with van der Waals surface area (Å²) in [6.07, 6.45) is 0.918. The minimum absolute atomic E-state index is 0.00389. The molecule has 2 aromatic carbocycles. The van der Waals surface area contributed by atoms with Crippen molar-refractivity contribution in [3.8, 4) is 0 Å². The Bertz CT molecular complexity index is 1260. The monoisotopic (exact) mass is 451 g/mol. The van der Waals surface area contributed by atoms with Gasteiger partial charge in [0.15, 0.2) is 0 Å². The Morgan fingerprint density at radius 3 is 2.43 bits per heavy atom. The first-order valence-corrected chi connectivity index (χ1v) is 11.9. The van der Waals surface area contributed by atoms with Crippen LogP contribution in [0.15, 0.2) is 47.3 Å². The Labute approximate surface area is 177 Å². The largest absolute Gasteiger partial charge is 0.324 e. The van der Waals surface area contributed by atoms with E-state index in [4.69, 9.17) is 0 Å². The maximum atomic E-state index is 14.2. The summed E-state index contributed by atoms with van der Waals surface area (Å²) >= 11 is 1.07. The third-order valence-electron chi connectivity index (χ3n) is 4.58. The van der Waals surface area contributed by atoms with Crippen molar-refractivity contribution in [1.29, 1.82) is 0 Å². The molecule has 1 amide bonds. The highest BCUT2D eigenvalue weighted by Gasteiger charge is 2.31. The van der Waals surface area contributed by atoms with Gasteiger partial charge < -0.3 is 5.32 Å². The highest BCUT2D eigenvalue weighted by Crippen LogP contribution is 2.26. The molecule has 0 radical (unpaired) electrons. The number of carbonyl (C=O) groups excluding carboxylic acids is 1. The van der Waals surface area contributed by atoms with Gasteiger partial charge in [-0.3, -0.25) is 18.5 Å². The number of amides is 1. The fourth-order valence-electron chi connectivity index (χ4n) is 3.26. The fourth-order valence-corrected chi connectivity index (χ4v) is 5.49. The van der Waals surface area contributed by atoms with E-state index >= 15 is 0 Å². The van der Waals surface area contributed by atoms with Gasteiger partial charge in [0.2, 0.25) is 15.9 Å². The van der Waals surface area contributed by atoms with E-state index in [-0.39, 0.29) is 16.6 Å². The van der Waals surface area contributed by atoms with Gasteiger partial charge in [0.05, 0.1) is 22.2 Å². The summed E-state index contributed by atoms with van der Waals surface area (Å²) in [5.41, 5.74) is 0.971. The molecule has 7 nitrogen and oxygen atoms in total. The molecule has 0 fully saturated rings. The van der Waals surface area contributed by atoms with Gasteiger partial charge in [-0.05, 0) is 51.1 Å². The van der Waals surface area contributed by atoms with Gasteiger partial charge in [-0.15, -0.1) is 0 Å². The highest BCUT2D eigenvalue weighted by molar-refractivity contribution is 7.92. The molecule has 1 atom stereocenters. The number of nitrogens with zero attached hydrogens (tertiary/aromatic N) is 2. The highest BCUT2D eigenvalue weighted by atomic mass is 32.2. The van der Waals surface area contributed by atoms with Gasteiger partial charge >= 0.3 is 4.87 Å². The number of para-hydroxylation sites is 1. The molecular formula is C20H22FN3O4S2. The van der Waals surface area contributed by atoms with Crippen LogP contribution in [0.25, 0.3) is 10.2 Å². The van der Waals surface area contributed by atoms with Crippen molar-refractivity contribution in [2.24, 2.45) is 0 Å². The smallest absolute Gasteiger partial charge is 0.308 e. The molecule has 1 N–H and O–H groups in total. The minimum atomic E-state index is -3.93. The zero-order valence-corrected chi connectivity index (χ0v) is 18.6. The molecule has 1 aromatic heterocycles. The molecule has 0 aliphatic carbocycles. The van der Waals surface area contributed by atoms with Crippen LogP contribution in [0.3, 0.4) is 0 Å². The summed E-state index contributed by atoms with van der Waals surface area (Å²) in [5, 5.41) is 2.66. The van der Waals surface area contributed by atoms with Crippen LogP contribution in [0.1, 0.15) is 26.8 Å². The Balaban J connectivity index is 1.92. The lowest BCUT2D eigenvalue weighted by Crippen LogP contribution is -2.45. The number of fused-ring (bicyclic) bond motifs is 1. The number of sulfonamides is 1. The number of thiazole rings is 1. The summed E-state index contributed by atoms with van der Waals surface area (Å²) in [4.78, 5) is 24.9. The number of halogens is 1. The molecular weight excluding hydrogens is 429 g/mol. The quantitative estimate of drug-likeness (QED) is 0.621. The van der Waals surface area contributed by atoms with Crippen molar-refractivity contribution >= 4 is 48.9 Å². The molecule has 0 bridgehead atoms. The van der Waals surface area contributed by atoms with Gasteiger partial charge in [-0.25, -0.2) is 12.8 Å². The van der Waals surface area contributed by atoms with E-state index in [1.807, 2.05) is 13.8 Å². The average molecular weight is 452 g/mol. The molecule has 0 aliphatic heterocycles. The zero-order valence-electron chi connectivity index (χ0n) is 16.9. The molecule has 0 saturated carbocycles. The first kappa shape index (κ1) is 22.0. The van der Waals surface area contributed by atoms with E-state index in [9.17, 15) is 22.4 Å². The van der Waals surface area contributed by atoms with E-state index in [2.05, 4.69) is 5.32 Å². The lowest BCUT2D eigenvalue weighted by molar-refractivity contribution is -0.116. The summed E-state index contributed by atoms with van der Waals surface area (Å²) in [6.45, 7) is 5.20. The van der Waals surface area contributed by atoms with E-state index in [1.165, 1.54) is 25.1 Å². The van der Waals surface area contributed by atoms with Crippen molar-refractivity contribution < 1.29 is 17.6 Å². The van der Waals surface area contributed by atoms with Gasteiger partial charge in [-0.2, -0.15) is 0 Å². The number of carbonyl (C=O) groups is 1. The first-order valence-electron chi connectivity index (χ1n) is 9.20. The number of nitrogens with one attached hydrogen (secondary N) is 1. The van der Waals surface area contributed by atoms with Crippen LogP contribution in [0.2, 0.25) is 0 Å². The van der Waals surface area contributed by atoms with Crippen LogP contribution in [0.5, 0.6) is 0 Å². The maximum absolute atomic E-state index is 14.2. The molecule has 3 rings (SSSR count). The van der Waals surface area contributed by atoms with Gasteiger partial charge in [0.25, 0.3) is 0 Å². The minimum Gasteiger partial charge on any atom is -0.324 e. The van der Waals surface area contributed by atoms with Crippen LogP contribution in [-0.2, 0) is 14.8 Å². The number of aromatic nitrogens is 1. The van der Waals surface area contributed by atoms with Crippen LogP contribution in [0.4, 0.5) is 15.8 Å².